The molecule has 6 nitrogen and oxygen atoms in total. The average molecular weight is 363 g/mol. The van der Waals surface area contributed by atoms with Crippen molar-refractivity contribution in [3.05, 3.63) is 78.0 Å². The zero-order valence-electron chi connectivity index (χ0n) is 15.2. The number of nitrogens with zero attached hydrogens (tertiary/aromatic N) is 1. The molecular weight excluding hydrogens is 342 g/mol. The van der Waals surface area contributed by atoms with E-state index >= 15 is 0 Å². The number of methoxy groups -OCH3 is 2. The van der Waals surface area contributed by atoms with Crippen LogP contribution in [0.1, 0.15) is 15.9 Å². The predicted molar refractivity (Wildman–Crippen MR) is 106 cm³/mol. The Morgan fingerprint density at radius 2 is 1.63 bits per heavy atom. The standard InChI is InChI=1S/C21H21N3O3/c1-26-18-11-5-3-8-15(18)14-23-20-16(9-7-13-22-20)21(25)24-17-10-4-6-12-19(17)27-2/h3-13H,14H2,1-2H3,(H,22,23)(H,24,25). The predicted octanol–water partition coefficient (Wildman–Crippen LogP) is 3.96. The number of carbonyl (C=O) groups excluding carboxylic acids is 1. The van der Waals surface area contributed by atoms with E-state index in [4.69, 9.17) is 9.47 Å². The lowest BCUT2D eigenvalue weighted by Crippen LogP contribution is -2.16. The van der Waals surface area contributed by atoms with Crippen LogP contribution in [0.3, 0.4) is 0 Å². The molecule has 0 unspecified atom stereocenters. The summed E-state index contributed by atoms with van der Waals surface area (Å²) in [7, 11) is 3.20. The van der Waals surface area contributed by atoms with Crippen molar-refractivity contribution < 1.29 is 14.3 Å². The van der Waals surface area contributed by atoms with Crippen molar-refractivity contribution in [3.8, 4) is 11.5 Å². The maximum atomic E-state index is 12.8. The fourth-order valence-electron chi connectivity index (χ4n) is 2.69. The molecule has 3 rings (SSSR count). The highest BCUT2D eigenvalue weighted by atomic mass is 16.5. The van der Waals surface area contributed by atoms with Gasteiger partial charge in [-0.3, -0.25) is 4.79 Å². The van der Waals surface area contributed by atoms with Crippen molar-refractivity contribution in [1.82, 2.24) is 4.98 Å². The molecule has 2 N–H and O–H groups in total. The average Bonchev–Trinajstić information content (AvgIpc) is 2.73. The van der Waals surface area contributed by atoms with Gasteiger partial charge < -0.3 is 20.1 Å². The lowest BCUT2D eigenvalue weighted by Gasteiger charge is -2.14. The van der Waals surface area contributed by atoms with Crippen molar-refractivity contribution in [2.75, 3.05) is 24.9 Å². The summed E-state index contributed by atoms with van der Waals surface area (Å²) in [5.74, 6) is 1.60. The first kappa shape index (κ1) is 18.3. The van der Waals surface area contributed by atoms with E-state index in [2.05, 4.69) is 15.6 Å². The van der Waals surface area contributed by atoms with Gasteiger partial charge in [0.1, 0.15) is 17.3 Å². The Morgan fingerprint density at radius 1 is 0.926 bits per heavy atom. The number of aromatic nitrogens is 1. The van der Waals surface area contributed by atoms with Crippen molar-refractivity contribution in [1.29, 1.82) is 0 Å². The van der Waals surface area contributed by atoms with Gasteiger partial charge in [0.2, 0.25) is 0 Å². The summed E-state index contributed by atoms with van der Waals surface area (Å²) in [6.45, 7) is 0.482. The maximum absolute atomic E-state index is 12.8. The summed E-state index contributed by atoms with van der Waals surface area (Å²) in [4.78, 5) is 17.1. The highest BCUT2D eigenvalue weighted by Crippen LogP contribution is 2.25. The molecule has 1 heterocycles. The van der Waals surface area contributed by atoms with E-state index in [1.54, 1.807) is 44.7 Å². The molecule has 0 aliphatic carbocycles. The van der Waals surface area contributed by atoms with Crippen LogP contribution in [0, 0.1) is 0 Å². The van der Waals surface area contributed by atoms with Crippen LogP contribution >= 0.6 is 0 Å². The van der Waals surface area contributed by atoms with Gasteiger partial charge in [-0.2, -0.15) is 0 Å². The Kier molecular flexibility index (Phi) is 5.89. The zero-order valence-corrected chi connectivity index (χ0v) is 15.2. The fraction of sp³-hybridized carbons (Fsp3) is 0.143. The molecule has 27 heavy (non-hydrogen) atoms. The minimum Gasteiger partial charge on any atom is -0.496 e. The van der Waals surface area contributed by atoms with Gasteiger partial charge in [-0.05, 0) is 30.3 Å². The number of amides is 1. The third kappa shape index (κ3) is 4.36. The molecule has 0 aliphatic rings. The smallest absolute Gasteiger partial charge is 0.259 e. The number of benzene rings is 2. The summed E-state index contributed by atoms with van der Waals surface area (Å²) >= 11 is 0. The van der Waals surface area contributed by atoms with E-state index in [9.17, 15) is 4.79 Å². The van der Waals surface area contributed by atoms with Gasteiger partial charge in [0.05, 0.1) is 25.5 Å². The summed E-state index contributed by atoms with van der Waals surface area (Å²) in [6, 6.07) is 18.4. The third-order valence-corrected chi connectivity index (χ3v) is 4.05. The molecule has 0 spiro atoms. The number of pyridine rings is 1. The van der Waals surface area contributed by atoms with Crippen LogP contribution in [-0.2, 0) is 6.54 Å². The normalized spacial score (nSPS) is 10.1. The summed E-state index contributed by atoms with van der Waals surface area (Å²) in [5.41, 5.74) is 2.02. The number of para-hydroxylation sites is 3. The number of rotatable bonds is 7. The Balaban J connectivity index is 1.78. The number of hydrogen-bond acceptors (Lipinski definition) is 5. The first-order valence-corrected chi connectivity index (χ1v) is 8.48. The van der Waals surface area contributed by atoms with Gasteiger partial charge in [0.25, 0.3) is 5.91 Å². The van der Waals surface area contributed by atoms with E-state index in [0.717, 1.165) is 11.3 Å². The first-order valence-electron chi connectivity index (χ1n) is 8.48. The lowest BCUT2D eigenvalue weighted by molar-refractivity contribution is 0.102. The molecular formula is C21H21N3O3. The number of ether oxygens (including phenoxy) is 2. The van der Waals surface area contributed by atoms with Crippen molar-refractivity contribution in [3.63, 3.8) is 0 Å². The number of anilines is 2. The second kappa shape index (κ2) is 8.71. The maximum Gasteiger partial charge on any atom is 0.259 e. The van der Waals surface area contributed by atoms with Crippen LogP contribution in [0.25, 0.3) is 0 Å². The molecule has 0 saturated carbocycles. The van der Waals surface area contributed by atoms with Crippen molar-refractivity contribution >= 4 is 17.4 Å². The van der Waals surface area contributed by atoms with Gasteiger partial charge in [0.15, 0.2) is 0 Å². The highest BCUT2D eigenvalue weighted by molar-refractivity contribution is 6.08. The Hall–Kier alpha value is -3.54. The fourth-order valence-corrected chi connectivity index (χ4v) is 2.69. The van der Waals surface area contributed by atoms with E-state index in [0.29, 0.717) is 29.4 Å². The summed E-state index contributed by atoms with van der Waals surface area (Å²) in [6.07, 6.45) is 1.64. The molecule has 1 amide bonds. The van der Waals surface area contributed by atoms with Gasteiger partial charge in [-0.15, -0.1) is 0 Å². The minimum atomic E-state index is -0.268. The highest BCUT2D eigenvalue weighted by Gasteiger charge is 2.14. The quantitative estimate of drug-likeness (QED) is 0.665. The number of nitrogens with one attached hydrogen (secondary N) is 2. The van der Waals surface area contributed by atoms with Crippen LogP contribution in [-0.4, -0.2) is 25.1 Å². The largest absolute Gasteiger partial charge is 0.496 e. The van der Waals surface area contributed by atoms with Crippen LogP contribution in [0.5, 0.6) is 11.5 Å². The van der Waals surface area contributed by atoms with Gasteiger partial charge >= 0.3 is 0 Å². The van der Waals surface area contributed by atoms with Crippen LogP contribution in [0.4, 0.5) is 11.5 Å². The van der Waals surface area contributed by atoms with E-state index in [-0.39, 0.29) is 5.91 Å². The topological polar surface area (TPSA) is 72.5 Å². The van der Waals surface area contributed by atoms with E-state index < -0.39 is 0 Å². The van der Waals surface area contributed by atoms with Crippen LogP contribution in [0.2, 0.25) is 0 Å². The molecule has 2 aromatic carbocycles. The molecule has 0 radical (unpaired) electrons. The monoisotopic (exact) mass is 363 g/mol. The summed E-state index contributed by atoms with van der Waals surface area (Å²) in [5, 5.41) is 6.09. The Labute approximate surface area is 158 Å². The van der Waals surface area contributed by atoms with Gasteiger partial charge in [-0.1, -0.05) is 30.3 Å². The molecule has 1 aromatic heterocycles. The second-order valence-corrected chi connectivity index (χ2v) is 5.72. The molecule has 0 bridgehead atoms. The number of carbonyl (C=O) groups is 1. The van der Waals surface area contributed by atoms with Crippen molar-refractivity contribution in [2.24, 2.45) is 0 Å². The Morgan fingerprint density at radius 3 is 2.41 bits per heavy atom. The second-order valence-electron chi connectivity index (χ2n) is 5.72. The molecule has 0 atom stereocenters. The molecule has 6 heteroatoms. The molecule has 138 valence electrons. The molecule has 0 saturated heterocycles. The molecule has 0 aliphatic heterocycles. The SMILES string of the molecule is COc1ccccc1CNc1ncccc1C(=O)Nc1ccccc1OC. The number of hydrogen-bond donors (Lipinski definition) is 2. The van der Waals surface area contributed by atoms with Crippen LogP contribution < -0.4 is 20.1 Å². The van der Waals surface area contributed by atoms with E-state index in [1.165, 1.54) is 0 Å². The first-order chi connectivity index (χ1) is 13.2. The van der Waals surface area contributed by atoms with Crippen molar-refractivity contribution in [2.45, 2.75) is 6.54 Å². The molecule has 3 aromatic rings. The summed E-state index contributed by atoms with van der Waals surface area (Å²) < 4.78 is 10.6. The van der Waals surface area contributed by atoms with Crippen LogP contribution in [0.15, 0.2) is 66.9 Å². The zero-order chi connectivity index (χ0) is 19.1. The molecule has 0 fully saturated rings. The Bertz CT molecular complexity index is 928. The van der Waals surface area contributed by atoms with Gasteiger partial charge in [0, 0.05) is 18.3 Å². The minimum absolute atomic E-state index is 0.268. The lowest BCUT2D eigenvalue weighted by atomic mass is 10.2. The van der Waals surface area contributed by atoms with E-state index in [1.807, 2.05) is 36.4 Å². The van der Waals surface area contributed by atoms with Gasteiger partial charge in [-0.25, -0.2) is 4.98 Å². The third-order valence-electron chi connectivity index (χ3n) is 4.05.